The molecule has 3 heteroatoms. The van der Waals surface area contributed by atoms with Crippen molar-refractivity contribution in [2.24, 2.45) is 5.92 Å². The highest BCUT2D eigenvalue weighted by molar-refractivity contribution is 5.75. The number of ether oxygens (including phenoxy) is 2. The Labute approximate surface area is 104 Å². The third-order valence-corrected chi connectivity index (χ3v) is 3.90. The van der Waals surface area contributed by atoms with E-state index >= 15 is 0 Å². The molecule has 0 aromatic heterocycles. The number of esters is 1. The summed E-state index contributed by atoms with van der Waals surface area (Å²) in [6.07, 6.45) is 9.29. The van der Waals surface area contributed by atoms with Gasteiger partial charge in [0.15, 0.2) is 0 Å². The summed E-state index contributed by atoms with van der Waals surface area (Å²) in [5.74, 6) is -0.000631. The van der Waals surface area contributed by atoms with Gasteiger partial charge in [0.05, 0.1) is 5.92 Å². The summed E-state index contributed by atoms with van der Waals surface area (Å²) < 4.78 is 11.1. The van der Waals surface area contributed by atoms with Gasteiger partial charge in [-0.05, 0) is 19.3 Å². The third kappa shape index (κ3) is 3.21. The number of fused-ring (bicyclic) bond motifs is 1. The highest BCUT2D eigenvalue weighted by Gasteiger charge is 2.46. The smallest absolute Gasteiger partial charge is 0.312 e. The van der Waals surface area contributed by atoms with Crippen LogP contribution in [-0.2, 0) is 14.3 Å². The summed E-state index contributed by atoms with van der Waals surface area (Å²) in [7, 11) is 0. The highest BCUT2D eigenvalue weighted by Crippen LogP contribution is 2.34. The van der Waals surface area contributed by atoms with Gasteiger partial charge in [-0.25, -0.2) is 0 Å². The molecule has 2 rings (SSSR count). The summed E-state index contributed by atoms with van der Waals surface area (Å²) in [6.45, 7) is 3.01. The standard InChI is InChI=1S/C14H24O3/c1-2-3-4-5-6-8-11-13-12(17-14(11)15)9-7-10-16-13/h11-13H,2-10H2,1H3/t11-,12+,13+/m0/s1. The van der Waals surface area contributed by atoms with Crippen molar-refractivity contribution >= 4 is 5.97 Å². The molecule has 2 heterocycles. The SMILES string of the molecule is CCCCCCC[C@@H]1C(=O)O[C@@H]2CCCO[C@H]12. The van der Waals surface area contributed by atoms with E-state index < -0.39 is 0 Å². The molecule has 98 valence electrons. The van der Waals surface area contributed by atoms with Gasteiger partial charge in [0.25, 0.3) is 0 Å². The fourth-order valence-electron chi connectivity index (χ4n) is 2.90. The highest BCUT2D eigenvalue weighted by atomic mass is 16.6. The minimum Gasteiger partial charge on any atom is -0.459 e. The van der Waals surface area contributed by atoms with Crippen molar-refractivity contribution < 1.29 is 14.3 Å². The van der Waals surface area contributed by atoms with Crippen LogP contribution in [0.1, 0.15) is 58.3 Å². The largest absolute Gasteiger partial charge is 0.459 e. The molecule has 17 heavy (non-hydrogen) atoms. The van der Waals surface area contributed by atoms with Crippen LogP contribution in [0.15, 0.2) is 0 Å². The van der Waals surface area contributed by atoms with Crippen LogP contribution in [-0.4, -0.2) is 24.8 Å². The van der Waals surface area contributed by atoms with E-state index in [4.69, 9.17) is 9.47 Å². The van der Waals surface area contributed by atoms with E-state index in [-0.39, 0.29) is 24.1 Å². The Bertz CT molecular complexity index is 252. The fraction of sp³-hybridized carbons (Fsp3) is 0.929. The predicted octanol–water partition coefficient (Wildman–Crippen LogP) is 3.07. The van der Waals surface area contributed by atoms with Crippen molar-refractivity contribution in [3.8, 4) is 0 Å². The molecule has 2 aliphatic rings. The summed E-state index contributed by atoms with van der Waals surface area (Å²) in [4.78, 5) is 11.8. The van der Waals surface area contributed by atoms with Gasteiger partial charge in [0.1, 0.15) is 12.2 Å². The molecule has 2 fully saturated rings. The summed E-state index contributed by atoms with van der Waals surface area (Å²) >= 11 is 0. The fourth-order valence-corrected chi connectivity index (χ4v) is 2.90. The number of rotatable bonds is 6. The molecular weight excluding hydrogens is 216 g/mol. The third-order valence-electron chi connectivity index (χ3n) is 3.90. The van der Waals surface area contributed by atoms with Crippen LogP contribution < -0.4 is 0 Å². The number of carbonyl (C=O) groups excluding carboxylic acids is 1. The molecule has 3 atom stereocenters. The van der Waals surface area contributed by atoms with E-state index in [1.807, 2.05) is 0 Å². The molecule has 0 aromatic carbocycles. The quantitative estimate of drug-likeness (QED) is 0.528. The maximum absolute atomic E-state index is 11.8. The first-order valence-electron chi connectivity index (χ1n) is 7.15. The molecule has 0 amide bonds. The van der Waals surface area contributed by atoms with Crippen LogP contribution in [0.4, 0.5) is 0 Å². The normalized spacial score (nSPS) is 32.3. The van der Waals surface area contributed by atoms with Gasteiger partial charge in [-0.2, -0.15) is 0 Å². The second-order valence-electron chi connectivity index (χ2n) is 5.26. The van der Waals surface area contributed by atoms with E-state index in [0.29, 0.717) is 0 Å². The summed E-state index contributed by atoms with van der Waals surface area (Å²) in [5, 5.41) is 0. The molecule has 3 nitrogen and oxygen atoms in total. The van der Waals surface area contributed by atoms with Gasteiger partial charge >= 0.3 is 5.97 Å². The van der Waals surface area contributed by atoms with Crippen LogP contribution in [0.2, 0.25) is 0 Å². The van der Waals surface area contributed by atoms with Crippen molar-refractivity contribution in [2.75, 3.05) is 6.61 Å². The zero-order valence-corrected chi connectivity index (χ0v) is 10.8. The summed E-state index contributed by atoms with van der Waals surface area (Å²) in [6, 6.07) is 0. The lowest BCUT2D eigenvalue weighted by Gasteiger charge is -2.25. The number of hydrogen-bond donors (Lipinski definition) is 0. The Hall–Kier alpha value is -0.570. The van der Waals surface area contributed by atoms with Crippen molar-refractivity contribution in [1.82, 2.24) is 0 Å². The van der Waals surface area contributed by atoms with Gasteiger partial charge in [0.2, 0.25) is 0 Å². The molecule has 0 aliphatic carbocycles. The van der Waals surface area contributed by atoms with Gasteiger partial charge < -0.3 is 9.47 Å². The van der Waals surface area contributed by atoms with E-state index in [0.717, 1.165) is 32.3 Å². The van der Waals surface area contributed by atoms with Crippen LogP contribution in [0.3, 0.4) is 0 Å². The van der Waals surface area contributed by atoms with Crippen LogP contribution in [0.5, 0.6) is 0 Å². The molecular formula is C14H24O3. The van der Waals surface area contributed by atoms with Crippen LogP contribution >= 0.6 is 0 Å². The van der Waals surface area contributed by atoms with Gasteiger partial charge in [-0.3, -0.25) is 4.79 Å². The van der Waals surface area contributed by atoms with Gasteiger partial charge in [-0.15, -0.1) is 0 Å². The van der Waals surface area contributed by atoms with Crippen LogP contribution in [0, 0.1) is 5.92 Å². The first kappa shape index (κ1) is 12.9. The van der Waals surface area contributed by atoms with E-state index in [1.54, 1.807) is 0 Å². The molecule has 0 bridgehead atoms. The number of hydrogen-bond acceptors (Lipinski definition) is 3. The van der Waals surface area contributed by atoms with E-state index in [2.05, 4.69) is 6.92 Å². The lowest BCUT2D eigenvalue weighted by atomic mass is 9.91. The second-order valence-corrected chi connectivity index (χ2v) is 5.26. The minimum atomic E-state index is -0.0163. The second kappa shape index (κ2) is 6.39. The number of unbranched alkanes of at least 4 members (excludes halogenated alkanes) is 4. The van der Waals surface area contributed by atoms with Gasteiger partial charge in [0, 0.05) is 6.61 Å². The molecule has 0 aromatic rings. The van der Waals surface area contributed by atoms with Crippen molar-refractivity contribution in [1.29, 1.82) is 0 Å². The van der Waals surface area contributed by atoms with Crippen LogP contribution in [0.25, 0.3) is 0 Å². The molecule has 2 saturated heterocycles. The molecule has 0 saturated carbocycles. The first-order chi connectivity index (χ1) is 8.33. The lowest BCUT2D eigenvalue weighted by molar-refractivity contribution is -0.145. The Kier molecular flexibility index (Phi) is 4.84. The number of carbonyl (C=O) groups is 1. The molecule has 2 aliphatic heterocycles. The molecule has 0 N–H and O–H groups in total. The van der Waals surface area contributed by atoms with E-state index in [9.17, 15) is 4.79 Å². The Morgan fingerprint density at radius 3 is 2.88 bits per heavy atom. The zero-order chi connectivity index (χ0) is 12.1. The summed E-state index contributed by atoms with van der Waals surface area (Å²) in [5.41, 5.74) is 0. The lowest BCUT2D eigenvalue weighted by Crippen LogP contribution is -2.34. The van der Waals surface area contributed by atoms with Crippen molar-refractivity contribution in [3.05, 3.63) is 0 Å². The Morgan fingerprint density at radius 2 is 2.06 bits per heavy atom. The molecule has 0 unspecified atom stereocenters. The van der Waals surface area contributed by atoms with Crippen molar-refractivity contribution in [2.45, 2.75) is 70.5 Å². The predicted molar refractivity (Wildman–Crippen MR) is 65.7 cm³/mol. The Morgan fingerprint density at radius 1 is 1.24 bits per heavy atom. The maximum atomic E-state index is 11.8. The van der Waals surface area contributed by atoms with E-state index in [1.165, 1.54) is 25.7 Å². The Balaban J connectivity index is 1.73. The monoisotopic (exact) mass is 240 g/mol. The van der Waals surface area contributed by atoms with Crippen molar-refractivity contribution in [3.63, 3.8) is 0 Å². The average molecular weight is 240 g/mol. The van der Waals surface area contributed by atoms with Gasteiger partial charge in [-0.1, -0.05) is 39.0 Å². The molecule has 0 radical (unpaired) electrons. The maximum Gasteiger partial charge on any atom is 0.312 e. The topological polar surface area (TPSA) is 35.5 Å². The molecule has 0 spiro atoms. The zero-order valence-electron chi connectivity index (χ0n) is 10.8. The average Bonchev–Trinajstić information content (AvgIpc) is 2.65. The first-order valence-corrected chi connectivity index (χ1v) is 7.15. The minimum absolute atomic E-state index is 0.0157.